The van der Waals surface area contributed by atoms with Crippen molar-refractivity contribution in [1.82, 2.24) is 14.5 Å². The van der Waals surface area contributed by atoms with Gasteiger partial charge in [0.05, 0.1) is 33.0 Å². The maximum atomic E-state index is 6.33. The molecule has 0 bridgehead atoms. The first kappa shape index (κ1) is 25.6. The maximum Gasteiger partial charge on any atom is 0.235 e. The molecular formula is C45H25N3O. The van der Waals surface area contributed by atoms with Crippen molar-refractivity contribution in [1.29, 1.82) is 0 Å². The molecule has 0 unspecified atom stereocenters. The third-order valence-corrected chi connectivity index (χ3v) is 11.0. The summed E-state index contributed by atoms with van der Waals surface area (Å²) in [6, 6.07) is 54.7. The minimum absolute atomic E-state index is 0.435. The molecule has 0 saturated carbocycles. The van der Waals surface area contributed by atoms with Crippen molar-refractivity contribution >= 4 is 32.7 Å². The van der Waals surface area contributed by atoms with Crippen LogP contribution in [0.3, 0.4) is 0 Å². The normalized spacial score (nSPS) is 14.0. The van der Waals surface area contributed by atoms with Crippen molar-refractivity contribution < 1.29 is 4.74 Å². The lowest BCUT2D eigenvalue weighted by Crippen LogP contribution is -2.25. The quantitative estimate of drug-likeness (QED) is 0.183. The third-order valence-electron chi connectivity index (χ3n) is 11.0. The number of rotatable bonds is 1. The topological polar surface area (TPSA) is 39.9 Å². The lowest BCUT2D eigenvalue weighted by Gasteiger charge is -2.30. The number of nitrogens with zero attached hydrogens (tertiary/aromatic N) is 3. The largest absolute Gasteiger partial charge is 0.456 e. The Kier molecular flexibility index (Phi) is 4.63. The molecule has 2 aromatic heterocycles. The number of ether oxygens (including phenoxy) is 1. The van der Waals surface area contributed by atoms with Crippen molar-refractivity contribution in [2.75, 3.05) is 0 Å². The molecule has 0 atom stereocenters. The van der Waals surface area contributed by atoms with E-state index >= 15 is 0 Å². The molecule has 3 aliphatic rings. The van der Waals surface area contributed by atoms with E-state index in [0.717, 1.165) is 44.7 Å². The molecule has 12 rings (SSSR count). The second-order valence-electron chi connectivity index (χ2n) is 13.3. The van der Waals surface area contributed by atoms with Gasteiger partial charge in [-0.1, -0.05) is 109 Å². The molecule has 1 spiro atoms. The molecule has 1 aliphatic heterocycles. The molecular weight excluding hydrogens is 599 g/mol. The number of hydrogen-bond acceptors (Lipinski definition) is 3. The van der Waals surface area contributed by atoms with Gasteiger partial charge in [0.1, 0.15) is 11.5 Å². The molecule has 226 valence electrons. The molecule has 7 aromatic carbocycles. The lowest BCUT2D eigenvalue weighted by atomic mass is 9.70. The number of hydrogen-bond donors (Lipinski definition) is 0. The average Bonchev–Trinajstić information content (AvgIpc) is 3.75. The van der Waals surface area contributed by atoms with E-state index in [1.807, 2.05) is 30.3 Å². The van der Waals surface area contributed by atoms with Gasteiger partial charge in [0, 0.05) is 16.3 Å². The summed E-state index contributed by atoms with van der Waals surface area (Å²) in [6.45, 7) is 0. The Labute approximate surface area is 281 Å². The maximum absolute atomic E-state index is 6.33. The van der Waals surface area contributed by atoms with Crippen molar-refractivity contribution in [3.63, 3.8) is 0 Å². The first-order valence-electron chi connectivity index (χ1n) is 16.8. The minimum Gasteiger partial charge on any atom is -0.456 e. The molecule has 3 heterocycles. The Morgan fingerprint density at radius 3 is 1.82 bits per heavy atom. The predicted octanol–water partition coefficient (Wildman–Crippen LogP) is 10.8. The van der Waals surface area contributed by atoms with Crippen LogP contribution in [-0.2, 0) is 5.41 Å². The number of para-hydroxylation sites is 2. The SMILES string of the molecule is c1ccc2c(c1)Oc1cccc3nc(-n4c5ccccc5c5cc6c(cc54)C4(c5ccccc5-c5ccccc54)c4ccccc4-6)nc-2c13. The summed E-state index contributed by atoms with van der Waals surface area (Å²) in [5.74, 6) is 2.25. The zero-order valence-electron chi connectivity index (χ0n) is 26.2. The van der Waals surface area contributed by atoms with Crippen LogP contribution >= 0.6 is 0 Å². The third kappa shape index (κ3) is 3.01. The average molecular weight is 624 g/mol. The van der Waals surface area contributed by atoms with E-state index in [9.17, 15) is 0 Å². The number of aromatic nitrogens is 3. The van der Waals surface area contributed by atoms with E-state index in [-0.39, 0.29) is 0 Å². The fraction of sp³-hybridized carbons (Fsp3) is 0.0222. The second-order valence-corrected chi connectivity index (χ2v) is 13.3. The van der Waals surface area contributed by atoms with E-state index in [2.05, 4.69) is 126 Å². The fourth-order valence-corrected chi connectivity index (χ4v) is 9.16. The summed E-state index contributed by atoms with van der Waals surface area (Å²) in [5.41, 5.74) is 14.9. The second kappa shape index (κ2) is 8.88. The highest BCUT2D eigenvalue weighted by Crippen LogP contribution is 2.63. The summed E-state index contributed by atoms with van der Waals surface area (Å²) in [4.78, 5) is 10.6. The van der Waals surface area contributed by atoms with Crippen LogP contribution < -0.4 is 4.74 Å². The molecule has 4 nitrogen and oxygen atoms in total. The minimum atomic E-state index is -0.435. The van der Waals surface area contributed by atoms with Crippen molar-refractivity contribution in [3.05, 3.63) is 174 Å². The Morgan fingerprint density at radius 1 is 0.449 bits per heavy atom. The van der Waals surface area contributed by atoms with Crippen LogP contribution in [0.25, 0.3) is 72.2 Å². The summed E-state index contributed by atoms with van der Waals surface area (Å²) < 4.78 is 8.60. The van der Waals surface area contributed by atoms with Crippen LogP contribution in [0, 0.1) is 0 Å². The van der Waals surface area contributed by atoms with Crippen LogP contribution in [0.2, 0.25) is 0 Å². The zero-order valence-corrected chi connectivity index (χ0v) is 26.2. The number of benzene rings is 7. The molecule has 0 saturated heterocycles. The molecule has 2 aliphatic carbocycles. The van der Waals surface area contributed by atoms with Gasteiger partial charge in [-0.2, -0.15) is 0 Å². The van der Waals surface area contributed by atoms with Crippen molar-refractivity contribution in [2.45, 2.75) is 5.41 Å². The Morgan fingerprint density at radius 2 is 1.06 bits per heavy atom. The molecule has 0 fully saturated rings. The molecule has 49 heavy (non-hydrogen) atoms. The first-order valence-corrected chi connectivity index (χ1v) is 16.8. The monoisotopic (exact) mass is 623 g/mol. The van der Waals surface area contributed by atoms with Crippen molar-refractivity contribution in [2.24, 2.45) is 0 Å². The van der Waals surface area contributed by atoms with E-state index in [0.29, 0.717) is 5.95 Å². The van der Waals surface area contributed by atoms with Gasteiger partial charge < -0.3 is 4.74 Å². The Bertz CT molecular complexity index is 2890. The van der Waals surface area contributed by atoms with Crippen LogP contribution in [0.1, 0.15) is 22.3 Å². The van der Waals surface area contributed by atoms with Gasteiger partial charge in [0.25, 0.3) is 0 Å². The van der Waals surface area contributed by atoms with E-state index < -0.39 is 5.41 Å². The first-order chi connectivity index (χ1) is 24.3. The summed E-state index contributed by atoms with van der Waals surface area (Å²) >= 11 is 0. The van der Waals surface area contributed by atoms with Gasteiger partial charge in [0.15, 0.2) is 0 Å². The van der Waals surface area contributed by atoms with Gasteiger partial charge in [-0.25, -0.2) is 9.97 Å². The van der Waals surface area contributed by atoms with Gasteiger partial charge >= 0.3 is 0 Å². The van der Waals surface area contributed by atoms with Gasteiger partial charge in [-0.3, -0.25) is 4.57 Å². The lowest BCUT2D eigenvalue weighted by molar-refractivity contribution is 0.486. The Balaban J connectivity index is 1.23. The molecule has 9 aromatic rings. The van der Waals surface area contributed by atoms with E-state index in [1.54, 1.807) is 0 Å². The highest BCUT2D eigenvalue weighted by atomic mass is 16.5. The van der Waals surface area contributed by atoms with Gasteiger partial charge in [-0.05, 0) is 87.0 Å². The highest BCUT2D eigenvalue weighted by molar-refractivity contribution is 6.12. The zero-order chi connectivity index (χ0) is 31.8. The predicted molar refractivity (Wildman–Crippen MR) is 196 cm³/mol. The molecule has 4 heteroatoms. The van der Waals surface area contributed by atoms with Gasteiger partial charge in [-0.15, -0.1) is 0 Å². The van der Waals surface area contributed by atoms with E-state index in [4.69, 9.17) is 14.7 Å². The van der Waals surface area contributed by atoms with Crippen LogP contribution in [0.4, 0.5) is 0 Å². The fourth-order valence-electron chi connectivity index (χ4n) is 9.16. The van der Waals surface area contributed by atoms with Crippen LogP contribution in [-0.4, -0.2) is 14.5 Å². The standard InChI is InChI=1S/C45H25N3O/c1-6-17-33-26(12-1)27-13-2-7-18-34(27)45(33)35-19-8-3-14-28(35)31-24-32-29-15-4-9-21-38(29)48(39(32)25-36(31)45)44-46-37-20-11-23-41-42(37)43(47-44)30-16-5-10-22-40(30)49-41/h1-25H. The summed E-state index contributed by atoms with van der Waals surface area (Å²) in [7, 11) is 0. The Hall–Kier alpha value is -6.52. The van der Waals surface area contributed by atoms with Crippen molar-refractivity contribution in [3.8, 4) is 51.0 Å². The smallest absolute Gasteiger partial charge is 0.235 e. The highest BCUT2D eigenvalue weighted by Gasteiger charge is 2.51. The van der Waals surface area contributed by atoms with Crippen LogP contribution in [0.15, 0.2) is 152 Å². The number of fused-ring (bicyclic) bond motifs is 15. The molecule has 0 radical (unpaired) electrons. The summed E-state index contributed by atoms with van der Waals surface area (Å²) in [6.07, 6.45) is 0. The van der Waals surface area contributed by atoms with E-state index in [1.165, 1.54) is 55.3 Å². The van der Waals surface area contributed by atoms with Gasteiger partial charge in [0.2, 0.25) is 5.95 Å². The molecule has 0 amide bonds. The van der Waals surface area contributed by atoms with Crippen LogP contribution in [0.5, 0.6) is 11.5 Å². The summed E-state index contributed by atoms with van der Waals surface area (Å²) in [5, 5.41) is 3.32. The molecule has 0 N–H and O–H groups in total.